The molecule has 0 atom stereocenters. The molecule has 0 unspecified atom stereocenters. The van der Waals surface area contributed by atoms with Crippen LogP contribution in [0.15, 0.2) is 17.5 Å². The van der Waals surface area contributed by atoms with E-state index in [1.54, 1.807) is 0 Å². The molecule has 0 aromatic carbocycles. The Morgan fingerprint density at radius 2 is 2.12 bits per heavy atom. The number of carbonyl (C=O) groups excluding carboxylic acids is 1. The fourth-order valence-electron chi connectivity index (χ4n) is 1.48. The Balaban J connectivity index is 0.00000225. The summed E-state index contributed by atoms with van der Waals surface area (Å²) >= 11 is 1.45. The lowest BCUT2D eigenvalue weighted by molar-refractivity contribution is 0.0899. The highest BCUT2D eigenvalue weighted by atomic mass is 35.5. The maximum atomic E-state index is 11.8. The van der Waals surface area contributed by atoms with Gasteiger partial charge in [0.2, 0.25) is 0 Å². The predicted molar refractivity (Wildman–Crippen MR) is 71.4 cm³/mol. The van der Waals surface area contributed by atoms with Crippen molar-refractivity contribution in [2.45, 2.75) is 32.2 Å². The van der Waals surface area contributed by atoms with E-state index in [0.29, 0.717) is 6.54 Å². The van der Waals surface area contributed by atoms with Crippen molar-refractivity contribution in [3.63, 3.8) is 0 Å². The average Bonchev–Trinajstić information content (AvgIpc) is 2.79. The Morgan fingerprint density at radius 3 is 2.50 bits per heavy atom. The van der Waals surface area contributed by atoms with Gasteiger partial charge in [-0.15, -0.1) is 23.7 Å². The van der Waals surface area contributed by atoms with Gasteiger partial charge in [0.05, 0.1) is 10.4 Å². The molecule has 1 aromatic heterocycles. The average molecular weight is 263 g/mol. The predicted octanol–water partition coefficient (Wildman–Crippen LogP) is 2.42. The SMILES string of the molecule is CCC(CC)(CN)NC(=O)c1cccs1.Cl. The summed E-state index contributed by atoms with van der Waals surface area (Å²) in [6.07, 6.45) is 1.72. The van der Waals surface area contributed by atoms with E-state index in [1.807, 2.05) is 31.4 Å². The van der Waals surface area contributed by atoms with Gasteiger partial charge in [-0.1, -0.05) is 19.9 Å². The van der Waals surface area contributed by atoms with Crippen LogP contribution in [0.4, 0.5) is 0 Å². The van der Waals surface area contributed by atoms with Crippen molar-refractivity contribution in [1.29, 1.82) is 0 Å². The molecule has 16 heavy (non-hydrogen) atoms. The lowest BCUT2D eigenvalue weighted by Crippen LogP contribution is -2.52. The number of hydrogen-bond donors (Lipinski definition) is 2. The Morgan fingerprint density at radius 1 is 1.50 bits per heavy atom. The van der Waals surface area contributed by atoms with E-state index in [4.69, 9.17) is 5.73 Å². The summed E-state index contributed by atoms with van der Waals surface area (Å²) in [4.78, 5) is 12.6. The molecule has 3 N–H and O–H groups in total. The number of hydrogen-bond acceptors (Lipinski definition) is 3. The van der Waals surface area contributed by atoms with E-state index in [-0.39, 0.29) is 23.9 Å². The van der Waals surface area contributed by atoms with Crippen molar-refractivity contribution in [2.75, 3.05) is 6.54 Å². The number of halogens is 1. The molecule has 1 rings (SSSR count). The highest BCUT2D eigenvalue weighted by Crippen LogP contribution is 2.16. The topological polar surface area (TPSA) is 55.1 Å². The third-order valence-corrected chi connectivity index (χ3v) is 3.74. The molecule has 5 heteroatoms. The van der Waals surface area contributed by atoms with Crippen LogP contribution in [0.5, 0.6) is 0 Å². The monoisotopic (exact) mass is 262 g/mol. The van der Waals surface area contributed by atoms with Crippen LogP contribution in [0.1, 0.15) is 36.4 Å². The molecule has 1 amide bonds. The van der Waals surface area contributed by atoms with Gasteiger partial charge in [0.1, 0.15) is 0 Å². The quantitative estimate of drug-likeness (QED) is 0.856. The van der Waals surface area contributed by atoms with Gasteiger partial charge in [-0.2, -0.15) is 0 Å². The number of carbonyl (C=O) groups is 1. The molecule has 92 valence electrons. The zero-order valence-corrected chi connectivity index (χ0v) is 11.3. The van der Waals surface area contributed by atoms with E-state index in [2.05, 4.69) is 5.32 Å². The Bertz CT molecular complexity index is 302. The van der Waals surface area contributed by atoms with Gasteiger partial charge in [0.25, 0.3) is 5.91 Å². The Kier molecular flexibility index (Phi) is 6.64. The molecule has 1 heterocycles. The zero-order valence-electron chi connectivity index (χ0n) is 9.66. The van der Waals surface area contributed by atoms with Gasteiger partial charge >= 0.3 is 0 Å². The van der Waals surface area contributed by atoms with Crippen LogP contribution in [0.3, 0.4) is 0 Å². The van der Waals surface area contributed by atoms with Crippen LogP contribution in [-0.4, -0.2) is 18.0 Å². The summed E-state index contributed by atoms with van der Waals surface area (Å²) in [5, 5.41) is 4.93. The normalized spacial score (nSPS) is 10.7. The van der Waals surface area contributed by atoms with E-state index in [9.17, 15) is 4.79 Å². The summed E-state index contributed by atoms with van der Waals surface area (Å²) in [7, 11) is 0. The minimum atomic E-state index is -0.249. The number of amides is 1. The third kappa shape index (κ3) is 3.47. The van der Waals surface area contributed by atoms with Gasteiger partial charge in [0, 0.05) is 6.54 Å². The molecule has 1 aromatic rings. The first-order valence-electron chi connectivity index (χ1n) is 5.23. The number of nitrogens with two attached hydrogens (primary N) is 1. The van der Waals surface area contributed by atoms with Crippen LogP contribution in [-0.2, 0) is 0 Å². The molecule has 0 bridgehead atoms. The number of rotatable bonds is 5. The number of thiophene rings is 1. The second-order valence-corrected chi connectivity index (χ2v) is 4.57. The molecule has 0 spiro atoms. The molecule has 3 nitrogen and oxygen atoms in total. The first-order valence-corrected chi connectivity index (χ1v) is 6.11. The second-order valence-electron chi connectivity index (χ2n) is 3.62. The Labute approximate surface area is 107 Å². The van der Waals surface area contributed by atoms with E-state index >= 15 is 0 Å². The summed E-state index contributed by atoms with van der Waals surface area (Å²) < 4.78 is 0. The van der Waals surface area contributed by atoms with Crippen LogP contribution in [0.2, 0.25) is 0 Å². The van der Waals surface area contributed by atoms with Crippen molar-refractivity contribution >= 4 is 29.7 Å². The highest BCUT2D eigenvalue weighted by molar-refractivity contribution is 7.12. The molecule has 0 fully saturated rings. The largest absolute Gasteiger partial charge is 0.345 e. The van der Waals surface area contributed by atoms with Gasteiger partial charge in [0.15, 0.2) is 0 Å². The first-order chi connectivity index (χ1) is 7.17. The minimum absolute atomic E-state index is 0. The van der Waals surface area contributed by atoms with E-state index in [0.717, 1.165) is 17.7 Å². The molecule has 0 saturated carbocycles. The minimum Gasteiger partial charge on any atom is -0.345 e. The second kappa shape index (κ2) is 6.89. The van der Waals surface area contributed by atoms with Gasteiger partial charge in [-0.3, -0.25) is 4.79 Å². The van der Waals surface area contributed by atoms with Crippen molar-refractivity contribution in [1.82, 2.24) is 5.32 Å². The molecular weight excluding hydrogens is 244 g/mol. The van der Waals surface area contributed by atoms with Gasteiger partial charge < -0.3 is 11.1 Å². The van der Waals surface area contributed by atoms with Gasteiger partial charge in [-0.05, 0) is 24.3 Å². The van der Waals surface area contributed by atoms with E-state index < -0.39 is 0 Å². The van der Waals surface area contributed by atoms with Crippen LogP contribution in [0.25, 0.3) is 0 Å². The summed E-state index contributed by atoms with van der Waals surface area (Å²) in [5.41, 5.74) is 5.47. The highest BCUT2D eigenvalue weighted by Gasteiger charge is 2.26. The van der Waals surface area contributed by atoms with Crippen LogP contribution in [0, 0.1) is 0 Å². The maximum absolute atomic E-state index is 11.8. The summed E-state index contributed by atoms with van der Waals surface area (Å²) in [6, 6.07) is 3.70. The van der Waals surface area contributed by atoms with Crippen LogP contribution >= 0.6 is 23.7 Å². The van der Waals surface area contributed by atoms with E-state index in [1.165, 1.54) is 11.3 Å². The molecule has 0 aliphatic rings. The lowest BCUT2D eigenvalue weighted by Gasteiger charge is -2.31. The zero-order chi connectivity index (χ0) is 11.3. The summed E-state index contributed by atoms with van der Waals surface area (Å²) in [6.45, 7) is 4.58. The smallest absolute Gasteiger partial charge is 0.261 e. The third-order valence-electron chi connectivity index (χ3n) is 2.87. The van der Waals surface area contributed by atoms with Gasteiger partial charge in [-0.25, -0.2) is 0 Å². The fourth-order valence-corrected chi connectivity index (χ4v) is 2.10. The standard InChI is InChI=1S/C11H18N2OS.ClH/c1-3-11(4-2,8-12)13-10(14)9-6-5-7-15-9;/h5-7H,3-4,8,12H2,1-2H3,(H,13,14);1H. The van der Waals surface area contributed by atoms with Crippen molar-refractivity contribution in [3.05, 3.63) is 22.4 Å². The first kappa shape index (κ1) is 15.4. The molecule has 0 aliphatic carbocycles. The number of nitrogens with one attached hydrogen (secondary N) is 1. The molecular formula is C11H19ClN2OS. The van der Waals surface area contributed by atoms with Crippen molar-refractivity contribution in [2.24, 2.45) is 5.73 Å². The fraction of sp³-hybridized carbons (Fsp3) is 0.545. The molecule has 0 saturated heterocycles. The Hall–Kier alpha value is -0.580. The van der Waals surface area contributed by atoms with Crippen molar-refractivity contribution in [3.8, 4) is 0 Å². The lowest BCUT2D eigenvalue weighted by atomic mass is 9.93. The molecule has 0 radical (unpaired) electrons. The maximum Gasteiger partial charge on any atom is 0.261 e. The van der Waals surface area contributed by atoms with Crippen LogP contribution < -0.4 is 11.1 Å². The molecule has 0 aliphatic heterocycles. The summed E-state index contributed by atoms with van der Waals surface area (Å²) in [5.74, 6) is -0.0147. The van der Waals surface area contributed by atoms with Crippen molar-refractivity contribution < 1.29 is 4.79 Å².